The minimum Gasteiger partial charge on any atom is -0.454 e. The minimum atomic E-state index is 0.0490. The van der Waals surface area contributed by atoms with Gasteiger partial charge in [0, 0.05) is 12.4 Å². The smallest absolute Gasteiger partial charge is 0.231 e. The van der Waals surface area contributed by atoms with Crippen LogP contribution in [0.1, 0.15) is 24.4 Å². The summed E-state index contributed by atoms with van der Waals surface area (Å²) in [5.74, 6) is 3.85. The van der Waals surface area contributed by atoms with Gasteiger partial charge in [-0.3, -0.25) is 9.55 Å². The Hall–Kier alpha value is -3.09. The van der Waals surface area contributed by atoms with Gasteiger partial charge in [-0.05, 0) is 31.5 Å². The molecule has 0 bridgehead atoms. The molecule has 7 heteroatoms. The second-order valence-corrected chi connectivity index (χ2v) is 5.59. The molecular formula is C17H17N5O2. The van der Waals surface area contributed by atoms with Crippen molar-refractivity contribution in [3.63, 3.8) is 0 Å². The van der Waals surface area contributed by atoms with Gasteiger partial charge >= 0.3 is 0 Å². The predicted octanol–water partition coefficient (Wildman–Crippen LogP) is 2.87. The molecule has 1 atom stereocenters. The Bertz CT molecular complexity index is 877. The molecule has 0 spiro atoms. The molecule has 1 aromatic carbocycles. The number of benzene rings is 1. The maximum absolute atomic E-state index is 5.43. The van der Waals surface area contributed by atoms with E-state index in [1.165, 1.54) is 0 Å². The molecule has 122 valence electrons. The van der Waals surface area contributed by atoms with Crippen LogP contribution in [0, 0.1) is 6.92 Å². The fourth-order valence-corrected chi connectivity index (χ4v) is 2.65. The number of rotatable bonds is 4. The van der Waals surface area contributed by atoms with Crippen LogP contribution in [0.15, 0.2) is 43.0 Å². The maximum Gasteiger partial charge on any atom is 0.231 e. The number of imidazole rings is 1. The summed E-state index contributed by atoms with van der Waals surface area (Å²) in [6.07, 6.45) is 7.03. The largest absolute Gasteiger partial charge is 0.454 e. The molecule has 24 heavy (non-hydrogen) atoms. The number of aryl methyl sites for hydroxylation is 1. The van der Waals surface area contributed by atoms with Gasteiger partial charge in [0.1, 0.15) is 11.6 Å². The van der Waals surface area contributed by atoms with Crippen LogP contribution in [-0.4, -0.2) is 26.3 Å². The second-order valence-electron chi connectivity index (χ2n) is 5.59. The number of nitrogens with one attached hydrogen (secondary N) is 1. The highest BCUT2D eigenvalue weighted by Crippen LogP contribution is 2.34. The Labute approximate surface area is 139 Å². The van der Waals surface area contributed by atoms with Crippen LogP contribution in [-0.2, 0) is 0 Å². The van der Waals surface area contributed by atoms with Crippen molar-refractivity contribution < 1.29 is 9.47 Å². The molecule has 2 aromatic heterocycles. The second kappa shape index (κ2) is 5.84. The summed E-state index contributed by atoms with van der Waals surface area (Å²) in [4.78, 5) is 13.1. The third-order valence-electron chi connectivity index (χ3n) is 3.96. The fourth-order valence-electron chi connectivity index (χ4n) is 2.65. The monoisotopic (exact) mass is 323 g/mol. The Morgan fingerprint density at radius 1 is 1.21 bits per heavy atom. The summed E-state index contributed by atoms with van der Waals surface area (Å²) in [5, 5.41) is 3.37. The van der Waals surface area contributed by atoms with Gasteiger partial charge in [0.05, 0.1) is 18.4 Å². The van der Waals surface area contributed by atoms with Crippen LogP contribution in [0.25, 0.3) is 5.82 Å². The van der Waals surface area contributed by atoms with Gasteiger partial charge in [-0.2, -0.15) is 0 Å². The molecule has 0 fully saturated rings. The van der Waals surface area contributed by atoms with Crippen LogP contribution >= 0.6 is 0 Å². The van der Waals surface area contributed by atoms with E-state index in [4.69, 9.17) is 9.47 Å². The number of anilines is 1. The summed E-state index contributed by atoms with van der Waals surface area (Å²) in [6, 6.07) is 5.97. The van der Waals surface area contributed by atoms with Crippen LogP contribution in [0.5, 0.6) is 11.5 Å². The van der Waals surface area contributed by atoms with E-state index >= 15 is 0 Å². The molecule has 1 unspecified atom stereocenters. The normalized spacial score (nSPS) is 13.8. The van der Waals surface area contributed by atoms with Gasteiger partial charge < -0.3 is 14.8 Å². The van der Waals surface area contributed by atoms with Crippen molar-refractivity contribution >= 4 is 5.82 Å². The molecule has 0 amide bonds. The lowest BCUT2D eigenvalue weighted by Crippen LogP contribution is -2.10. The van der Waals surface area contributed by atoms with Crippen molar-refractivity contribution in [2.75, 3.05) is 12.1 Å². The first-order chi connectivity index (χ1) is 11.7. The molecule has 4 rings (SSSR count). The first kappa shape index (κ1) is 14.5. The van der Waals surface area contributed by atoms with E-state index in [2.05, 4.69) is 27.2 Å². The van der Waals surface area contributed by atoms with E-state index in [0.29, 0.717) is 5.82 Å². The SMILES string of the molecule is Cc1nccn1-c1cncc(NC(C)c2ccc3c(c2)OCO3)n1. The Morgan fingerprint density at radius 2 is 2.08 bits per heavy atom. The van der Waals surface area contributed by atoms with Gasteiger partial charge in [-0.1, -0.05) is 6.07 Å². The zero-order valence-electron chi connectivity index (χ0n) is 13.4. The molecule has 1 aliphatic heterocycles. The van der Waals surface area contributed by atoms with E-state index in [9.17, 15) is 0 Å². The van der Waals surface area contributed by atoms with Crippen molar-refractivity contribution in [3.8, 4) is 17.3 Å². The Morgan fingerprint density at radius 3 is 2.92 bits per heavy atom. The third-order valence-corrected chi connectivity index (χ3v) is 3.96. The van der Waals surface area contributed by atoms with Crippen molar-refractivity contribution in [3.05, 3.63) is 54.4 Å². The molecule has 1 N–H and O–H groups in total. The molecular weight excluding hydrogens is 306 g/mol. The van der Waals surface area contributed by atoms with Crippen LogP contribution in [0.2, 0.25) is 0 Å². The first-order valence-electron chi connectivity index (χ1n) is 7.69. The van der Waals surface area contributed by atoms with Crippen LogP contribution in [0.3, 0.4) is 0 Å². The van der Waals surface area contributed by atoms with Crippen molar-refractivity contribution in [1.29, 1.82) is 0 Å². The molecule has 3 heterocycles. The van der Waals surface area contributed by atoms with Crippen molar-refractivity contribution in [1.82, 2.24) is 19.5 Å². The summed E-state index contributed by atoms with van der Waals surface area (Å²) >= 11 is 0. The van der Waals surface area contributed by atoms with Crippen LogP contribution in [0.4, 0.5) is 5.82 Å². The number of nitrogens with zero attached hydrogens (tertiary/aromatic N) is 4. The summed E-state index contributed by atoms with van der Waals surface area (Å²) in [7, 11) is 0. The minimum absolute atomic E-state index is 0.0490. The van der Waals surface area contributed by atoms with E-state index in [1.54, 1.807) is 18.6 Å². The zero-order valence-corrected chi connectivity index (χ0v) is 13.4. The molecule has 1 aliphatic rings. The maximum atomic E-state index is 5.43. The van der Waals surface area contributed by atoms with E-state index in [-0.39, 0.29) is 12.8 Å². The van der Waals surface area contributed by atoms with Gasteiger partial charge in [0.2, 0.25) is 6.79 Å². The van der Waals surface area contributed by atoms with Gasteiger partial charge in [0.25, 0.3) is 0 Å². The lowest BCUT2D eigenvalue weighted by atomic mass is 10.1. The van der Waals surface area contributed by atoms with Crippen LogP contribution < -0.4 is 14.8 Å². The Kier molecular flexibility index (Phi) is 3.53. The molecule has 0 saturated heterocycles. The Balaban J connectivity index is 1.56. The van der Waals surface area contributed by atoms with Crippen molar-refractivity contribution in [2.45, 2.75) is 19.9 Å². The molecule has 3 aromatic rings. The standard InChI is InChI=1S/C17H17N5O2/c1-11(13-3-4-14-15(7-13)24-10-23-14)20-16-8-18-9-17(21-16)22-6-5-19-12(22)2/h3-9,11H,10H2,1-2H3,(H,20,21). The zero-order chi connectivity index (χ0) is 16.5. The predicted molar refractivity (Wildman–Crippen MR) is 88.5 cm³/mol. The number of hydrogen-bond donors (Lipinski definition) is 1. The fraction of sp³-hybridized carbons (Fsp3) is 0.235. The highest BCUT2D eigenvalue weighted by Gasteiger charge is 2.16. The highest BCUT2D eigenvalue weighted by molar-refractivity contribution is 5.47. The number of hydrogen-bond acceptors (Lipinski definition) is 6. The first-order valence-corrected chi connectivity index (χ1v) is 7.69. The molecule has 7 nitrogen and oxygen atoms in total. The summed E-state index contributed by atoms with van der Waals surface area (Å²) < 4.78 is 12.7. The summed E-state index contributed by atoms with van der Waals surface area (Å²) in [6.45, 7) is 4.27. The number of fused-ring (bicyclic) bond motifs is 1. The molecule has 0 radical (unpaired) electrons. The van der Waals surface area contributed by atoms with Gasteiger partial charge in [0.15, 0.2) is 17.3 Å². The quantitative estimate of drug-likeness (QED) is 0.796. The number of aromatic nitrogens is 4. The van der Waals surface area contributed by atoms with E-state index < -0.39 is 0 Å². The van der Waals surface area contributed by atoms with Gasteiger partial charge in [-0.25, -0.2) is 9.97 Å². The van der Waals surface area contributed by atoms with Crippen molar-refractivity contribution in [2.24, 2.45) is 0 Å². The summed E-state index contributed by atoms with van der Waals surface area (Å²) in [5.41, 5.74) is 1.09. The third kappa shape index (κ3) is 2.64. The average molecular weight is 323 g/mol. The lowest BCUT2D eigenvalue weighted by Gasteiger charge is -2.16. The van der Waals surface area contributed by atoms with Gasteiger partial charge in [-0.15, -0.1) is 0 Å². The van der Waals surface area contributed by atoms with E-state index in [1.807, 2.05) is 35.9 Å². The molecule has 0 aliphatic carbocycles. The average Bonchev–Trinajstić information content (AvgIpc) is 3.22. The molecule has 0 saturated carbocycles. The number of ether oxygens (including phenoxy) is 2. The van der Waals surface area contributed by atoms with E-state index in [0.717, 1.165) is 28.7 Å². The highest BCUT2D eigenvalue weighted by atomic mass is 16.7. The topological polar surface area (TPSA) is 74.1 Å². The lowest BCUT2D eigenvalue weighted by molar-refractivity contribution is 0.174.